The fourth-order valence-electron chi connectivity index (χ4n) is 5.88. The average Bonchev–Trinajstić information content (AvgIpc) is 3.04. The second-order valence-corrected chi connectivity index (χ2v) is 12.7. The number of methoxy groups -OCH3 is 1. The zero-order chi connectivity index (χ0) is 31.5. The van der Waals surface area contributed by atoms with Crippen LogP contribution < -0.4 is 10.1 Å². The molecule has 6 heteroatoms. The van der Waals surface area contributed by atoms with E-state index in [2.05, 4.69) is 48.0 Å². The van der Waals surface area contributed by atoms with Gasteiger partial charge in [-0.25, -0.2) is 0 Å². The van der Waals surface area contributed by atoms with Crippen LogP contribution >= 0.6 is 0 Å². The summed E-state index contributed by atoms with van der Waals surface area (Å²) in [6, 6.07) is 21.8. The van der Waals surface area contributed by atoms with Crippen LogP contribution in [-0.2, 0) is 13.0 Å². The highest BCUT2D eigenvalue weighted by Gasteiger charge is 2.29. The molecule has 3 aromatic carbocycles. The summed E-state index contributed by atoms with van der Waals surface area (Å²) in [7, 11) is 1.61. The van der Waals surface area contributed by atoms with E-state index in [1.807, 2.05) is 49.4 Å². The Morgan fingerprint density at radius 1 is 0.932 bits per heavy atom. The van der Waals surface area contributed by atoms with Crippen LogP contribution in [0.5, 0.6) is 5.75 Å². The van der Waals surface area contributed by atoms with E-state index in [-0.39, 0.29) is 17.9 Å². The van der Waals surface area contributed by atoms with Crippen LogP contribution in [0.3, 0.4) is 0 Å². The van der Waals surface area contributed by atoms with Gasteiger partial charge in [0.05, 0.1) is 7.11 Å². The minimum atomic E-state index is -0.185. The number of ether oxygens (including phenoxy) is 1. The number of anilines is 1. The number of nitrogens with zero attached hydrogens (tertiary/aromatic N) is 2. The van der Waals surface area contributed by atoms with Crippen molar-refractivity contribution in [1.29, 1.82) is 0 Å². The first-order valence-electron chi connectivity index (χ1n) is 16.4. The van der Waals surface area contributed by atoms with Crippen molar-refractivity contribution in [3.8, 4) is 5.75 Å². The molecule has 1 heterocycles. The Hall–Kier alpha value is -3.64. The average molecular weight is 598 g/mol. The number of amides is 2. The number of piperidine rings is 1. The molecule has 0 aromatic heterocycles. The minimum Gasteiger partial charge on any atom is -0.496 e. The lowest BCUT2D eigenvalue weighted by molar-refractivity contribution is 0.0546. The van der Waals surface area contributed by atoms with Gasteiger partial charge >= 0.3 is 0 Å². The Bertz CT molecular complexity index is 1340. The molecule has 0 atom stereocenters. The highest BCUT2D eigenvalue weighted by Crippen LogP contribution is 2.24. The van der Waals surface area contributed by atoms with Crippen molar-refractivity contribution in [2.45, 2.75) is 85.2 Å². The third-order valence-electron chi connectivity index (χ3n) is 8.79. The summed E-state index contributed by atoms with van der Waals surface area (Å²) >= 11 is 0. The normalized spacial score (nSPS) is 14.0. The molecule has 2 amide bonds. The van der Waals surface area contributed by atoms with E-state index in [9.17, 15) is 9.59 Å². The van der Waals surface area contributed by atoms with E-state index in [1.54, 1.807) is 19.2 Å². The van der Waals surface area contributed by atoms with E-state index in [0.29, 0.717) is 29.5 Å². The van der Waals surface area contributed by atoms with Gasteiger partial charge in [-0.3, -0.25) is 9.59 Å². The van der Waals surface area contributed by atoms with Crippen LogP contribution in [0.4, 0.5) is 5.69 Å². The molecule has 0 aliphatic carbocycles. The summed E-state index contributed by atoms with van der Waals surface area (Å²) in [5.74, 6) is 1.30. The summed E-state index contributed by atoms with van der Waals surface area (Å²) in [5.41, 5.74) is 5.34. The number of unbranched alkanes of at least 4 members (excludes halogenated alkanes) is 2. The van der Waals surface area contributed by atoms with Gasteiger partial charge in [0.2, 0.25) is 0 Å². The molecule has 6 nitrogen and oxygen atoms in total. The molecule has 0 radical (unpaired) electrons. The number of hydrogen-bond acceptors (Lipinski definition) is 4. The van der Waals surface area contributed by atoms with Gasteiger partial charge in [-0.05, 0) is 105 Å². The van der Waals surface area contributed by atoms with Crippen LogP contribution in [-0.4, -0.2) is 54.4 Å². The van der Waals surface area contributed by atoms with Gasteiger partial charge in [0.25, 0.3) is 11.8 Å². The second-order valence-electron chi connectivity index (χ2n) is 12.7. The molecule has 0 unspecified atom stereocenters. The fourth-order valence-corrected chi connectivity index (χ4v) is 5.88. The molecule has 0 saturated carbocycles. The molecule has 1 saturated heterocycles. The van der Waals surface area contributed by atoms with E-state index >= 15 is 0 Å². The number of nitrogens with one attached hydrogen (secondary N) is 1. The third-order valence-corrected chi connectivity index (χ3v) is 8.79. The Kier molecular flexibility index (Phi) is 12.4. The van der Waals surface area contributed by atoms with Crippen molar-refractivity contribution in [2.24, 2.45) is 5.92 Å². The van der Waals surface area contributed by atoms with Gasteiger partial charge in [-0.15, -0.1) is 0 Å². The van der Waals surface area contributed by atoms with Gasteiger partial charge in [-0.1, -0.05) is 63.9 Å². The maximum Gasteiger partial charge on any atom is 0.255 e. The summed E-state index contributed by atoms with van der Waals surface area (Å²) < 4.78 is 5.38. The van der Waals surface area contributed by atoms with Crippen LogP contribution in [0, 0.1) is 12.8 Å². The van der Waals surface area contributed by atoms with Crippen LogP contribution in [0.15, 0.2) is 66.7 Å². The Labute approximate surface area is 264 Å². The van der Waals surface area contributed by atoms with E-state index in [0.717, 1.165) is 55.6 Å². The van der Waals surface area contributed by atoms with E-state index < -0.39 is 0 Å². The Morgan fingerprint density at radius 2 is 1.59 bits per heavy atom. The zero-order valence-electron chi connectivity index (χ0n) is 27.4. The number of aryl methyl sites for hydroxylation is 2. The van der Waals surface area contributed by atoms with Crippen LogP contribution in [0.25, 0.3) is 0 Å². The summed E-state index contributed by atoms with van der Waals surface area (Å²) in [6.45, 7) is 12.4. The van der Waals surface area contributed by atoms with Crippen molar-refractivity contribution in [1.82, 2.24) is 9.80 Å². The maximum atomic E-state index is 14.0. The van der Waals surface area contributed by atoms with Gasteiger partial charge < -0.3 is 19.9 Å². The molecule has 3 aromatic rings. The van der Waals surface area contributed by atoms with E-state index in [4.69, 9.17) is 4.74 Å². The molecule has 0 spiro atoms. The number of carbonyl (C=O) groups is 2. The summed E-state index contributed by atoms with van der Waals surface area (Å²) in [6.07, 6.45) is 7.84. The standard InChI is InChI=1S/C38H51N3O3/c1-6-7-8-9-30-11-16-32(17-12-30)38(43)41(35-21-24-40(25-22-35)23-20-28(2)3)27-31-13-18-34(19-14-31)39-37(42)33-15-10-29(4)36(26-33)44-5/h10-19,26,28,35H,6-9,20-25,27H2,1-5H3,(H,39,42). The monoisotopic (exact) mass is 597 g/mol. The first-order valence-corrected chi connectivity index (χ1v) is 16.4. The first kappa shape index (κ1) is 33.3. The maximum absolute atomic E-state index is 14.0. The lowest BCUT2D eigenvalue weighted by Gasteiger charge is -2.39. The van der Waals surface area contributed by atoms with Crippen molar-refractivity contribution >= 4 is 17.5 Å². The van der Waals surface area contributed by atoms with Gasteiger partial charge in [0.15, 0.2) is 0 Å². The highest BCUT2D eigenvalue weighted by atomic mass is 16.5. The number of benzene rings is 3. The number of carbonyl (C=O) groups excluding carboxylic acids is 2. The largest absolute Gasteiger partial charge is 0.496 e. The topological polar surface area (TPSA) is 61.9 Å². The molecular formula is C38H51N3O3. The molecule has 4 rings (SSSR count). The van der Waals surface area contributed by atoms with Gasteiger partial charge in [0.1, 0.15) is 5.75 Å². The number of rotatable bonds is 14. The third kappa shape index (κ3) is 9.43. The number of hydrogen-bond donors (Lipinski definition) is 1. The Balaban J connectivity index is 1.46. The van der Waals surface area contributed by atoms with E-state index in [1.165, 1.54) is 31.2 Å². The lowest BCUT2D eigenvalue weighted by atomic mass is 9.99. The zero-order valence-corrected chi connectivity index (χ0v) is 27.4. The predicted octanol–water partition coefficient (Wildman–Crippen LogP) is 8.14. The Morgan fingerprint density at radius 3 is 2.23 bits per heavy atom. The lowest BCUT2D eigenvalue weighted by Crippen LogP contribution is -2.47. The molecule has 1 aliphatic rings. The quantitative estimate of drug-likeness (QED) is 0.191. The fraction of sp³-hybridized carbons (Fsp3) is 0.474. The smallest absolute Gasteiger partial charge is 0.255 e. The molecule has 1 N–H and O–H groups in total. The van der Waals surface area contributed by atoms with Gasteiger partial charge in [0, 0.05) is 42.5 Å². The first-order chi connectivity index (χ1) is 21.3. The number of likely N-dealkylation sites (tertiary alicyclic amines) is 1. The van der Waals surface area contributed by atoms with Crippen molar-refractivity contribution < 1.29 is 14.3 Å². The van der Waals surface area contributed by atoms with Crippen LogP contribution in [0.1, 0.15) is 96.7 Å². The van der Waals surface area contributed by atoms with Crippen molar-refractivity contribution in [3.63, 3.8) is 0 Å². The summed E-state index contributed by atoms with van der Waals surface area (Å²) in [4.78, 5) is 31.5. The highest BCUT2D eigenvalue weighted by molar-refractivity contribution is 6.04. The predicted molar refractivity (Wildman–Crippen MR) is 181 cm³/mol. The van der Waals surface area contributed by atoms with Gasteiger partial charge in [-0.2, -0.15) is 0 Å². The molecule has 0 bridgehead atoms. The summed E-state index contributed by atoms with van der Waals surface area (Å²) in [5, 5.41) is 2.99. The molecule has 236 valence electrons. The minimum absolute atomic E-state index is 0.0939. The van der Waals surface area contributed by atoms with Crippen molar-refractivity contribution in [2.75, 3.05) is 32.1 Å². The van der Waals surface area contributed by atoms with Crippen LogP contribution in [0.2, 0.25) is 0 Å². The molecule has 1 fully saturated rings. The second kappa shape index (κ2) is 16.4. The SMILES string of the molecule is CCCCCc1ccc(C(=O)N(Cc2ccc(NC(=O)c3ccc(C)c(OC)c3)cc2)C2CCN(CCC(C)C)CC2)cc1. The van der Waals surface area contributed by atoms with Crippen molar-refractivity contribution in [3.05, 3.63) is 94.5 Å². The molecule has 1 aliphatic heterocycles. The molecule has 44 heavy (non-hydrogen) atoms. The molecular weight excluding hydrogens is 546 g/mol.